The van der Waals surface area contributed by atoms with E-state index in [2.05, 4.69) is 86.8 Å². The van der Waals surface area contributed by atoms with Crippen molar-refractivity contribution in [3.8, 4) is 0 Å². The van der Waals surface area contributed by atoms with Crippen molar-refractivity contribution in [3.63, 3.8) is 0 Å². The van der Waals surface area contributed by atoms with Gasteiger partial charge in [0.1, 0.15) is 6.10 Å². The number of rotatable bonds is 40. The number of amides is 1. The number of esters is 1. The van der Waals surface area contributed by atoms with Crippen LogP contribution in [0.5, 0.6) is 0 Å². The van der Waals surface area contributed by atoms with E-state index in [0.29, 0.717) is 19.3 Å². The van der Waals surface area contributed by atoms with Crippen LogP contribution in [0.1, 0.15) is 213 Å². The van der Waals surface area contributed by atoms with Gasteiger partial charge in [-0.1, -0.05) is 191 Å². The van der Waals surface area contributed by atoms with Crippen LogP contribution in [0.25, 0.3) is 0 Å². The molecule has 3 unspecified atom stereocenters. The van der Waals surface area contributed by atoms with Crippen molar-refractivity contribution in [2.45, 2.75) is 232 Å². The van der Waals surface area contributed by atoms with Gasteiger partial charge in [-0.05, 0) is 70.6 Å². The second kappa shape index (κ2) is 42.7. The lowest BCUT2D eigenvalue weighted by atomic mass is 10.0. The summed E-state index contributed by atoms with van der Waals surface area (Å²) < 4.78 is 5.89. The molecule has 0 aliphatic carbocycles. The summed E-state index contributed by atoms with van der Waals surface area (Å²) in [6.45, 7) is 6.28. The molecule has 318 valence electrons. The van der Waals surface area contributed by atoms with Crippen molar-refractivity contribution in [2.24, 2.45) is 0 Å². The van der Waals surface area contributed by atoms with Gasteiger partial charge in [0.25, 0.3) is 0 Å². The predicted molar refractivity (Wildman–Crippen MR) is 236 cm³/mol. The first kappa shape index (κ1) is 52.6. The van der Waals surface area contributed by atoms with Crippen molar-refractivity contribution in [1.82, 2.24) is 5.32 Å². The molecule has 0 heterocycles. The quantitative estimate of drug-likeness (QED) is 0.0328. The van der Waals surface area contributed by atoms with E-state index in [-0.39, 0.29) is 24.9 Å². The summed E-state index contributed by atoms with van der Waals surface area (Å²) in [7, 11) is 0. The fourth-order valence-corrected chi connectivity index (χ4v) is 6.65. The predicted octanol–water partition coefficient (Wildman–Crippen LogP) is 13.3. The van der Waals surface area contributed by atoms with E-state index < -0.39 is 18.2 Å². The molecule has 3 atom stereocenters. The van der Waals surface area contributed by atoms with E-state index in [1.807, 2.05) is 0 Å². The molecule has 0 aromatic rings. The summed E-state index contributed by atoms with van der Waals surface area (Å²) in [5.41, 5.74) is 0. The molecule has 0 radical (unpaired) electrons. The van der Waals surface area contributed by atoms with Crippen molar-refractivity contribution in [1.29, 1.82) is 0 Å². The van der Waals surface area contributed by atoms with Crippen LogP contribution in [-0.2, 0) is 14.3 Å². The molecule has 0 spiro atoms. The summed E-state index contributed by atoms with van der Waals surface area (Å²) in [5.74, 6) is -0.522. The lowest BCUT2D eigenvalue weighted by Gasteiger charge is -2.24. The Morgan fingerprint density at radius 2 is 0.982 bits per heavy atom. The molecule has 55 heavy (non-hydrogen) atoms. The maximum Gasteiger partial charge on any atom is 0.306 e. The maximum atomic E-state index is 13.1. The van der Waals surface area contributed by atoms with E-state index in [4.69, 9.17) is 4.74 Å². The topological polar surface area (TPSA) is 95.9 Å². The molecule has 0 saturated carbocycles. The van der Waals surface area contributed by atoms with Gasteiger partial charge in [0, 0.05) is 6.42 Å². The molecule has 0 saturated heterocycles. The van der Waals surface area contributed by atoms with Crippen LogP contribution >= 0.6 is 0 Å². The standard InChI is InChI=1S/C49H87NO5/c1-4-7-10-13-16-19-22-24-26-28-31-34-37-40-45(55-49(54)42-39-36-33-30-27-25-23-20-17-14-11-8-5-2)43-48(53)50-46(44-51)47(52)41-38-35-32-29-21-18-15-12-9-6-3/h8,11,14,16-17,19-20,22-24,45-47,51-52H,4-7,9-10,12-13,15,18,21,25-44H2,1-3H3,(H,50,53)/b11-8+,17-14+,19-16+,23-20-,24-22+. The average molecular weight is 770 g/mol. The number of carbonyl (C=O) groups excluding carboxylic acids is 2. The van der Waals surface area contributed by atoms with Crippen LogP contribution in [0, 0.1) is 0 Å². The van der Waals surface area contributed by atoms with Gasteiger partial charge in [-0.15, -0.1) is 0 Å². The highest BCUT2D eigenvalue weighted by molar-refractivity contribution is 5.77. The van der Waals surface area contributed by atoms with Crippen LogP contribution in [0.2, 0.25) is 0 Å². The molecule has 0 aromatic carbocycles. The minimum Gasteiger partial charge on any atom is -0.462 e. The Labute approximate surface area is 339 Å². The Kier molecular flexibility index (Phi) is 40.8. The maximum absolute atomic E-state index is 13.1. The van der Waals surface area contributed by atoms with Crippen LogP contribution in [0.4, 0.5) is 0 Å². The molecule has 0 aliphatic heterocycles. The molecule has 0 aliphatic rings. The molecule has 1 amide bonds. The summed E-state index contributed by atoms with van der Waals surface area (Å²) in [6, 6.07) is -0.712. The third kappa shape index (κ3) is 38.2. The van der Waals surface area contributed by atoms with E-state index >= 15 is 0 Å². The Balaban J connectivity index is 4.68. The zero-order valence-electron chi connectivity index (χ0n) is 36.0. The molecule has 0 aromatic heterocycles. The molecule has 0 rings (SSSR count). The number of hydrogen-bond acceptors (Lipinski definition) is 5. The van der Waals surface area contributed by atoms with E-state index in [1.165, 1.54) is 64.2 Å². The van der Waals surface area contributed by atoms with Crippen molar-refractivity contribution >= 4 is 11.9 Å². The highest BCUT2D eigenvalue weighted by Gasteiger charge is 2.24. The average Bonchev–Trinajstić information content (AvgIpc) is 3.18. The number of ether oxygens (including phenoxy) is 1. The second-order valence-electron chi connectivity index (χ2n) is 15.5. The minimum absolute atomic E-state index is 0.0537. The summed E-state index contributed by atoms with van der Waals surface area (Å²) in [4.78, 5) is 26.0. The highest BCUT2D eigenvalue weighted by Crippen LogP contribution is 2.17. The van der Waals surface area contributed by atoms with Gasteiger partial charge in [-0.25, -0.2) is 0 Å². The van der Waals surface area contributed by atoms with Gasteiger partial charge >= 0.3 is 5.97 Å². The SMILES string of the molecule is CC/C=C/C=C/C=C\CCCCCCCC(=O)OC(CCCCCC/C=C/C=C/CCCCC)CC(=O)NC(CO)C(O)CCCCCCCCCCCC. The number of aliphatic hydroxyl groups is 2. The van der Waals surface area contributed by atoms with E-state index in [1.54, 1.807) is 0 Å². The molecular weight excluding hydrogens is 683 g/mol. The van der Waals surface area contributed by atoms with Crippen LogP contribution in [0.15, 0.2) is 60.8 Å². The lowest BCUT2D eigenvalue weighted by molar-refractivity contribution is -0.151. The van der Waals surface area contributed by atoms with Gasteiger partial charge in [0.2, 0.25) is 5.91 Å². The van der Waals surface area contributed by atoms with Crippen LogP contribution < -0.4 is 5.32 Å². The van der Waals surface area contributed by atoms with Crippen LogP contribution in [-0.4, -0.2) is 46.9 Å². The summed E-state index contributed by atoms with van der Waals surface area (Å²) >= 11 is 0. The smallest absolute Gasteiger partial charge is 0.306 e. The van der Waals surface area contributed by atoms with Crippen molar-refractivity contribution in [2.75, 3.05) is 6.61 Å². The number of nitrogens with one attached hydrogen (secondary N) is 1. The number of hydrogen-bond donors (Lipinski definition) is 3. The Hall–Kier alpha value is -2.44. The number of aliphatic hydroxyl groups excluding tert-OH is 2. The third-order valence-corrected chi connectivity index (χ3v) is 10.2. The fourth-order valence-electron chi connectivity index (χ4n) is 6.65. The Morgan fingerprint density at radius 3 is 1.53 bits per heavy atom. The van der Waals surface area contributed by atoms with Crippen molar-refractivity contribution in [3.05, 3.63) is 60.8 Å². The zero-order chi connectivity index (χ0) is 40.3. The minimum atomic E-state index is -0.796. The number of carbonyl (C=O) groups is 2. The molecule has 0 fully saturated rings. The monoisotopic (exact) mass is 770 g/mol. The molecular formula is C49H87NO5. The highest BCUT2D eigenvalue weighted by atomic mass is 16.5. The van der Waals surface area contributed by atoms with Gasteiger partial charge in [-0.2, -0.15) is 0 Å². The van der Waals surface area contributed by atoms with Crippen LogP contribution in [0.3, 0.4) is 0 Å². The lowest BCUT2D eigenvalue weighted by Crippen LogP contribution is -2.46. The van der Waals surface area contributed by atoms with Gasteiger partial charge in [0.15, 0.2) is 0 Å². The first-order valence-electron chi connectivity index (χ1n) is 23.1. The molecule has 6 nitrogen and oxygen atoms in total. The second-order valence-corrected chi connectivity index (χ2v) is 15.5. The molecule has 3 N–H and O–H groups in total. The normalized spacial score (nSPS) is 13.9. The largest absolute Gasteiger partial charge is 0.462 e. The summed E-state index contributed by atoms with van der Waals surface area (Å²) in [5, 5.41) is 23.6. The Morgan fingerprint density at radius 1 is 0.545 bits per heavy atom. The Bertz CT molecular complexity index is 999. The van der Waals surface area contributed by atoms with Gasteiger partial charge in [-0.3, -0.25) is 9.59 Å². The number of allylic oxidation sites excluding steroid dienone is 10. The first-order valence-corrected chi connectivity index (χ1v) is 23.1. The molecule has 6 heteroatoms. The molecule has 0 bridgehead atoms. The summed E-state index contributed by atoms with van der Waals surface area (Å²) in [6.07, 6.45) is 51.3. The fraction of sp³-hybridized carbons (Fsp3) is 0.755. The van der Waals surface area contributed by atoms with Gasteiger partial charge < -0.3 is 20.3 Å². The number of unbranched alkanes of at least 4 members (excludes halogenated alkanes) is 21. The van der Waals surface area contributed by atoms with E-state index in [9.17, 15) is 19.8 Å². The zero-order valence-corrected chi connectivity index (χ0v) is 36.0. The van der Waals surface area contributed by atoms with Gasteiger partial charge in [0.05, 0.1) is 25.2 Å². The van der Waals surface area contributed by atoms with E-state index in [0.717, 1.165) is 103 Å². The first-order chi connectivity index (χ1) is 27.0. The van der Waals surface area contributed by atoms with Crippen molar-refractivity contribution < 1.29 is 24.5 Å². The third-order valence-electron chi connectivity index (χ3n) is 10.2.